The van der Waals surface area contributed by atoms with Gasteiger partial charge in [0.25, 0.3) is 0 Å². The number of ether oxygens (including phenoxy) is 3. The van der Waals surface area contributed by atoms with Crippen molar-refractivity contribution in [1.29, 1.82) is 0 Å². The molecule has 12 heteroatoms. The van der Waals surface area contributed by atoms with Gasteiger partial charge in [0.05, 0.1) is 32.0 Å². The Balaban J connectivity index is 2.32. The molecule has 0 amide bonds. The van der Waals surface area contributed by atoms with Crippen LogP contribution in [0.5, 0.6) is 0 Å². The fourth-order valence-corrected chi connectivity index (χ4v) is 6.37. The van der Waals surface area contributed by atoms with Gasteiger partial charge in [-0.25, -0.2) is 4.57 Å². The molecule has 0 radical (unpaired) electrons. The lowest BCUT2D eigenvalue weighted by atomic mass is 10.1. The second kappa shape index (κ2) is 35.8. The minimum atomic E-state index is -4.64. The number of hydrogen-bond acceptors (Lipinski definition) is 10. The SMILES string of the molecule is CCCCC/C=C\C/C=C\CCCCCCCC(=O)OC[C@H](COP(=O)(O)OC[C@@H](O)CO)OC(=O)CCC/C=C\C/C=C\CC1OC1C/C=C\CCCCC. The quantitative estimate of drug-likeness (QED) is 0.0179. The minimum absolute atomic E-state index is 0.0972. The zero-order valence-electron chi connectivity index (χ0n) is 34.5. The van der Waals surface area contributed by atoms with Crippen LogP contribution in [-0.2, 0) is 37.4 Å². The summed E-state index contributed by atoms with van der Waals surface area (Å²) < 4.78 is 38.4. The predicted octanol–water partition coefficient (Wildman–Crippen LogP) is 10.1. The highest BCUT2D eigenvalue weighted by atomic mass is 31.2. The second-order valence-corrected chi connectivity index (χ2v) is 15.8. The summed E-state index contributed by atoms with van der Waals surface area (Å²) in [4.78, 5) is 35.0. The van der Waals surface area contributed by atoms with Crippen molar-refractivity contribution in [3.8, 4) is 0 Å². The summed E-state index contributed by atoms with van der Waals surface area (Å²) >= 11 is 0. The third-order valence-electron chi connectivity index (χ3n) is 9.05. The number of rotatable bonds is 38. The van der Waals surface area contributed by atoms with E-state index >= 15 is 0 Å². The van der Waals surface area contributed by atoms with E-state index in [1.807, 2.05) is 12.2 Å². The van der Waals surface area contributed by atoms with E-state index in [4.69, 9.17) is 23.8 Å². The molecule has 3 N–H and O–H groups in total. The molecule has 0 aromatic carbocycles. The number of epoxide rings is 1. The zero-order chi connectivity index (χ0) is 41.0. The lowest BCUT2D eigenvalue weighted by Crippen LogP contribution is -2.29. The van der Waals surface area contributed by atoms with Crippen LogP contribution in [0.2, 0.25) is 0 Å². The third kappa shape index (κ3) is 32.7. The molecule has 1 heterocycles. The molecule has 0 aromatic heterocycles. The third-order valence-corrected chi connectivity index (χ3v) is 10.00. The van der Waals surface area contributed by atoms with Gasteiger partial charge < -0.3 is 29.3 Å². The van der Waals surface area contributed by atoms with Crippen LogP contribution >= 0.6 is 7.82 Å². The predicted molar refractivity (Wildman–Crippen MR) is 223 cm³/mol. The van der Waals surface area contributed by atoms with E-state index in [2.05, 4.69) is 67.0 Å². The van der Waals surface area contributed by atoms with Gasteiger partial charge >= 0.3 is 19.8 Å². The minimum Gasteiger partial charge on any atom is -0.462 e. The number of esters is 2. The van der Waals surface area contributed by atoms with Gasteiger partial charge in [-0.2, -0.15) is 0 Å². The summed E-state index contributed by atoms with van der Waals surface area (Å²) in [5.41, 5.74) is 0. The molecule has 1 aliphatic rings. The Kier molecular flexibility index (Phi) is 33.0. The van der Waals surface area contributed by atoms with Crippen LogP contribution in [0.15, 0.2) is 60.8 Å². The Morgan fingerprint density at radius 1 is 0.625 bits per heavy atom. The first-order chi connectivity index (χ1) is 27.2. The van der Waals surface area contributed by atoms with Crippen LogP contribution in [0.25, 0.3) is 0 Å². The molecule has 11 nitrogen and oxygen atoms in total. The number of carbonyl (C=O) groups excluding carboxylic acids is 2. The van der Waals surface area contributed by atoms with E-state index in [0.29, 0.717) is 31.5 Å². The molecule has 0 bridgehead atoms. The Bertz CT molecular complexity index is 1180. The second-order valence-electron chi connectivity index (χ2n) is 14.4. The maximum atomic E-state index is 12.6. The summed E-state index contributed by atoms with van der Waals surface area (Å²) in [6, 6.07) is 0. The van der Waals surface area contributed by atoms with Crippen molar-refractivity contribution in [3.05, 3.63) is 60.8 Å². The van der Waals surface area contributed by atoms with E-state index in [1.54, 1.807) is 0 Å². The molecular formula is C44H75O11P. The molecule has 1 fully saturated rings. The maximum Gasteiger partial charge on any atom is 0.472 e. The normalized spacial score (nSPS) is 18.1. The lowest BCUT2D eigenvalue weighted by Gasteiger charge is -2.20. The van der Waals surface area contributed by atoms with Gasteiger partial charge in [-0.3, -0.25) is 18.6 Å². The van der Waals surface area contributed by atoms with Gasteiger partial charge in [-0.05, 0) is 83.5 Å². The molecule has 5 atom stereocenters. The highest BCUT2D eigenvalue weighted by molar-refractivity contribution is 7.47. The fourth-order valence-electron chi connectivity index (χ4n) is 5.59. The average molecular weight is 811 g/mol. The van der Waals surface area contributed by atoms with Crippen molar-refractivity contribution < 1.29 is 52.5 Å². The van der Waals surface area contributed by atoms with Crippen LogP contribution in [0.1, 0.15) is 155 Å². The van der Waals surface area contributed by atoms with Gasteiger partial charge in [0.1, 0.15) is 12.7 Å². The van der Waals surface area contributed by atoms with Gasteiger partial charge in [-0.1, -0.05) is 120 Å². The summed E-state index contributed by atoms with van der Waals surface area (Å²) in [6.45, 7) is 2.22. The van der Waals surface area contributed by atoms with E-state index in [0.717, 1.165) is 70.6 Å². The molecule has 1 rings (SSSR count). The topological polar surface area (TPSA) is 161 Å². The number of aliphatic hydroxyl groups is 2. The molecule has 56 heavy (non-hydrogen) atoms. The largest absolute Gasteiger partial charge is 0.472 e. The van der Waals surface area contributed by atoms with E-state index in [9.17, 15) is 24.2 Å². The number of aliphatic hydroxyl groups excluding tert-OH is 2. The van der Waals surface area contributed by atoms with Crippen molar-refractivity contribution in [2.75, 3.05) is 26.4 Å². The highest BCUT2D eigenvalue weighted by Gasteiger charge is 2.36. The van der Waals surface area contributed by atoms with Crippen LogP contribution in [0.4, 0.5) is 0 Å². The van der Waals surface area contributed by atoms with Gasteiger partial charge in [0.15, 0.2) is 6.10 Å². The molecule has 0 spiro atoms. The van der Waals surface area contributed by atoms with Crippen molar-refractivity contribution >= 4 is 19.8 Å². The van der Waals surface area contributed by atoms with Crippen molar-refractivity contribution in [1.82, 2.24) is 0 Å². The van der Waals surface area contributed by atoms with E-state index in [-0.39, 0.29) is 19.4 Å². The molecule has 0 aliphatic carbocycles. The first-order valence-electron chi connectivity index (χ1n) is 21.4. The average Bonchev–Trinajstić information content (AvgIpc) is 3.94. The van der Waals surface area contributed by atoms with Crippen LogP contribution in [0, 0.1) is 0 Å². The number of phosphoric acid groups is 1. The Morgan fingerprint density at radius 2 is 1.11 bits per heavy atom. The van der Waals surface area contributed by atoms with Crippen LogP contribution in [0.3, 0.4) is 0 Å². The molecule has 3 unspecified atom stereocenters. The van der Waals surface area contributed by atoms with E-state index < -0.39 is 51.8 Å². The first kappa shape index (κ1) is 51.6. The smallest absolute Gasteiger partial charge is 0.462 e. The molecule has 1 aliphatic heterocycles. The van der Waals surface area contributed by atoms with Gasteiger partial charge in [0, 0.05) is 12.8 Å². The van der Waals surface area contributed by atoms with Crippen LogP contribution < -0.4 is 0 Å². The van der Waals surface area contributed by atoms with E-state index in [1.165, 1.54) is 38.5 Å². The van der Waals surface area contributed by atoms with Crippen molar-refractivity contribution in [3.63, 3.8) is 0 Å². The summed E-state index contributed by atoms with van der Waals surface area (Å²) in [5, 5.41) is 18.3. The maximum absolute atomic E-state index is 12.6. The van der Waals surface area contributed by atoms with Crippen molar-refractivity contribution in [2.24, 2.45) is 0 Å². The Morgan fingerprint density at radius 3 is 1.71 bits per heavy atom. The first-order valence-corrected chi connectivity index (χ1v) is 22.9. The highest BCUT2D eigenvalue weighted by Crippen LogP contribution is 2.43. The van der Waals surface area contributed by atoms with Crippen LogP contribution in [-0.4, -0.2) is 77.9 Å². The summed E-state index contributed by atoms with van der Waals surface area (Å²) in [5.74, 6) is -1.02. The molecule has 0 saturated carbocycles. The Hall–Kier alpha value is -2.37. The van der Waals surface area contributed by atoms with Gasteiger partial charge in [-0.15, -0.1) is 0 Å². The molecule has 0 aromatic rings. The summed E-state index contributed by atoms with van der Waals surface area (Å²) in [7, 11) is -4.64. The molecular weight excluding hydrogens is 735 g/mol. The monoisotopic (exact) mass is 811 g/mol. The fraction of sp³-hybridized carbons (Fsp3) is 0.727. The zero-order valence-corrected chi connectivity index (χ0v) is 35.4. The lowest BCUT2D eigenvalue weighted by molar-refractivity contribution is -0.161. The number of unbranched alkanes of at least 4 members (excludes halogenated alkanes) is 12. The van der Waals surface area contributed by atoms with Gasteiger partial charge in [0.2, 0.25) is 0 Å². The Labute approximate surface area is 338 Å². The standard InChI is InChI=1S/C44H75O11P/c1-3-5-7-9-11-12-13-14-15-16-17-18-21-25-29-33-43(47)51-37-40(38-53-56(49,50)52-36-39(46)35-45)54-44(48)34-30-26-22-19-20-24-28-32-42-41(55-42)31-27-23-10-8-6-4-2/h11-12,14-15,19,22-24,27-28,39-42,45-46H,3-10,13,16-18,20-21,25-26,29-38H2,1-2H3,(H,49,50)/b12-11-,15-14-,22-19-,27-23-,28-24-/t39-,40+,41?,42?/m0/s1. The number of allylic oxidation sites excluding steroid dienone is 8. The number of carbonyl (C=O) groups is 2. The molecule has 322 valence electrons. The van der Waals surface area contributed by atoms with Crippen molar-refractivity contribution in [2.45, 2.75) is 180 Å². The molecule has 1 saturated heterocycles. The summed E-state index contributed by atoms with van der Waals surface area (Å²) in [6.07, 6.45) is 40.8. The number of hydrogen-bond donors (Lipinski definition) is 3. The number of phosphoric ester groups is 1.